The van der Waals surface area contributed by atoms with E-state index in [4.69, 9.17) is 21.1 Å². The summed E-state index contributed by atoms with van der Waals surface area (Å²) in [6, 6.07) is 16.3. The van der Waals surface area contributed by atoms with Gasteiger partial charge >= 0.3 is 0 Å². The lowest BCUT2D eigenvalue weighted by Crippen LogP contribution is -2.13. The van der Waals surface area contributed by atoms with Crippen LogP contribution in [-0.2, 0) is 11.4 Å². The van der Waals surface area contributed by atoms with Gasteiger partial charge in [0.25, 0.3) is 6.47 Å². The molecule has 0 aliphatic rings. The van der Waals surface area contributed by atoms with Crippen molar-refractivity contribution in [3.8, 4) is 28.4 Å². The summed E-state index contributed by atoms with van der Waals surface area (Å²) in [5.74, 6) is 0.687. The lowest BCUT2D eigenvalue weighted by atomic mass is 9.87. The Balaban J connectivity index is 1.75. The minimum atomic E-state index is -0.163. The molecule has 33 heavy (non-hydrogen) atoms. The Hall–Kier alpha value is -3.31. The molecule has 0 unspecified atom stereocenters. The molecular weight excluding hydrogens is 440 g/mol. The standard InChI is InChI=1S/C27H27ClO5/c1-17-24(11-9-21(26(17)31)23(30)14-27(2,3)4)32-15-18-6-5-7-19(12-18)20-8-10-25(33-16-29)22(28)13-20/h5-13,16,31H,14-15H2,1-4H3. The summed E-state index contributed by atoms with van der Waals surface area (Å²) < 4.78 is 10.8. The number of rotatable bonds is 8. The third-order valence-corrected chi connectivity index (χ3v) is 5.43. The smallest absolute Gasteiger partial charge is 0.298 e. The van der Waals surface area contributed by atoms with Crippen LogP contribution in [0.1, 0.15) is 48.7 Å². The molecular formula is C27H27ClO5. The first-order valence-corrected chi connectivity index (χ1v) is 10.9. The minimum Gasteiger partial charge on any atom is -0.507 e. The lowest BCUT2D eigenvalue weighted by Gasteiger charge is -2.18. The first-order valence-electron chi connectivity index (χ1n) is 10.6. The highest BCUT2D eigenvalue weighted by Crippen LogP contribution is 2.34. The molecule has 0 bridgehead atoms. The fourth-order valence-electron chi connectivity index (χ4n) is 3.47. The molecule has 0 saturated heterocycles. The molecule has 0 aliphatic heterocycles. The number of Topliss-reactive ketones (excluding diaryl/α,β-unsaturated/α-hetero) is 1. The maximum Gasteiger partial charge on any atom is 0.298 e. The number of hydrogen-bond acceptors (Lipinski definition) is 5. The predicted octanol–water partition coefficient (Wildman–Crippen LogP) is 6.75. The molecule has 0 atom stereocenters. The number of ketones is 1. The van der Waals surface area contributed by atoms with Crippen molar-refractivity contribution in [2.45, 2.75) is 40.7 Å². The minimum absolute atomic E-state index is 0.0391. The predicted molar refractivity (Wildman–Crippen MR) is 129 cm³/mol. The van der Waals surface area contributed by atoms with E-state index in [1.807, 2.05) is 51.1 Å². The second kappa shape index (κ2) is 10.1. The number of benzene rings is 3. The number of hydrogen-bond donors (Lipinski definition) is 1. The first kappa shape index (κ1) is 24.3. The lowest BCUT2D eigenvalue weighted by molar-refractivity contribution is -0.120. The van der Waals surface area contributed by atoms with E-state index < -0.39 is 0 Å². The molecule has 3 aromatic carbocycles. The summed E-state index contributed by atoms with van der Waals surface area (Å²) in [6.07, 6.45) is 0.346. The maximum absolute atomic E-state index is 12.5. The molecule has 1 N–H and O–H groups in total. The van der Waals surface area contributed by atoms with Crippen molar-refractivity contribution in [3.63, 3.8) is 0 Å². The molecule has 0 saturated carbocycles. The first-order chi connectivity index (χ1) is 15.6. The number of aromatic hydroxyl groups is 1. The molecule has 3 aromatic rings. The maximum atomic E-state index is 12.5. The van der Waals surface area contributed by atoms with Crippen LogP contribution in [0.4, 0.5) is 0 Å². The summed E-state index contributed by atoms with van der Waals surface area (Å²) in [4.78, 5) is 23.1. The van der Waals surface area contributed by atoms with Gasteiger partial charge in [-0.1, -0.05) is 56.6 Å². The van der Waals surface area contributed by atoms with E-state index in [-0.39, 0.29) is 23.6 Å². The second-order valence-electron chi connectivity index (χ2n) is 9.09. The van der Waals surface area contributed by atoms with Gasteiger partial charge < -0.3 is 14.6 Å². The Kier molecular flexibility index (Phi) is 7.44. The van der Waals surface area contributed by atoms with Crippen LogP contribution in [0, 0.1) is 12.3 Å². The normalized spacial score (nSPS) is 11.2. The summed E-state index contributed by atoms with van der Waals surface area (Å²) in [6.45, 7) is 8.32. The van der Waals surface area contributed by atoms with Gasteiger partial charge in [0.2, 0.25) is 0 Å². The SMILES string of the molecule is Cc1c(OCc2cccc(-c3ccc(OC=O)c(Cl)c3)c2)ccc(C(=O)CC(C)(C)C)c1O. The average molecular weight is 467 g/mol. The van der Waals surface area contributed by atoms with Crippen molar-refractivity contribution in [2.75, 3.05) is 0 Å². The van der Waals surface area contributed by atoms with Crippen molar-refractivity contribution < 1.29 is 24.2 Å². The van der Waals surface area contributed by atoms with Crippen molar-refractivity contribution in [1.29, 1.82) is 0 Å². The van der Waals surface area contributed by atoms with E-state index in [2.05, 4.69) is 0 Å². The van der Waals surface area contributed by atoms with Crippen LogP contribution in [0.15, 0.2) is 54.6 Å². The highest BCUT2D eigenvalue weighted by Gasteiger charge is 2.21. The van der Waals surface area contributed by atoms with Crippen molar-refractivity contribution in [3.05, 3.63) is 76.3 Å². The van der Waals surface area contributed by atoms with Gasteiger partial charge in [-0.2, -0.15) is 0 Å². The topological polar surface area (TPSA) is 72.8 Å². The highest BCUT2D eigenvalue weighted by molar-refractivity contribution is 6.32. The fraction of sp³-hybridized carbons (Fsp3) is 0.259. The fourth-order valence-corrected chi connectivity index (χ4v) is 3.69. The Morgan fingerprint density at radius 3 is 2.39 bits per heavy atom. The van der Waals surface area contributed by atoms with Crippen LogP contribution in [0.2, 0.25) is 5.02 Å². The second-order valence-corrected chi connectivity index (χ2v) is 9.50. The molecule has 5 nitrogen and oxygen atoms in total. The van der Waals surface area contributed by atoms with Crippen molar-refractivity contribution in [2.24, 2.45) is 5.41 Å². The Bertz CT molecular complexity index is 1180. The largest absolute Gasteiger partial charge is 0.507 e. The van der Waals surface area contributed by atoms with E-state index in [1.54, 1.807) is 31.2 Å². The van der Waals surface area contributed by atoms with Crippen molar-refractivity contribution >= 4 is 23.9 Å². The molecule has 6 heteroatoms. The van der Waals surface area contributed by atoms with Crippen molar-refractivity contribution in [1.82, 2.24) is 0 Å². The van der Waals surface area contributed by atoms with E-state index in [9.17, 15) is 14.7 Å². The molecule has 0 aromatic heterocycles. The molecule has 3 rings (SSSR count). The molecule has 0 amide bonds. The van der Waals surface area contributed by atoms with Gasteiger partial charge in [-0.3, -0.25) is 9.59 Å². The summed E-state index contributed by atoms with van der Waals surface area (Å²) in [5, 5.41) is 10.9. The van der Waals surface area contributed by atoms with Crippen LogP contribution in [-0.4, -0.2) is 17.4 Å². The number of carbonyl (C=O) groups is 2. The number of ether oxygens (including phenoxy) is 2. The summed E-state index contributed by atoms with van der Waals surface area (Å²) >= 11 is 6.19. The Morgan fingerprint density at radius 1 is 1.03 bits per heavy atom. The van der Waals surface area contributed by atoms with Gasteiger partial charge in [0.05, 0.1) is 10.6 Å². The Morgan fingerprint density at radius 2 is 1.73 bits per heavy atom. The van der Waals surface area contributed by atoms with E-state index in [0.29, 0.717) is 40.5 Å². The van der Waals surface area contributed by atoms with Crippen LogP contribution in [0.3, 0.4) is 0 Å². The summed E-state index contributed by atoms with van der Waals surface area (Å²) in [5.41, 5.74) is 3.40. The van der Waals surface area contributed by atoms with E-state index in [0.717, 1.165) is 16.7 Å². The quantitative estimate of drug-likeness (QED) is 0.293. The van der Waals surface area contributed by atoms with Gasteiger partial charge in [-0.25, -0.2) is 0 Å². The molecule has 0 radical (unpaired) electrons. The number of carbonyl (C=O) groups excluding carboxylic acids is 2. The zero-order valence-corrected chi connectivity index (χ0v) is 19.9. The Labute approximate surface area is 198 Å². The van der Waals surface area contributed by atoms with E-state index in [1.165, 1.54) is 0 Å². The van der Waals surface area contributed by atoms with Gasteiger partial charge in [-0.15, -0.1) is 0 Å². The number of phenolic OH excluding ortho intramolecular Hbond substituents is 1. The third-order valence-electron chi connectivity index (χ3n) is 5.13. The molecule has 172 valence electrons. The van der Waals surface area contributed by atoms with Crippen LogP contribution < -0.4 is 9.47 Å². The molecule has 0 spiro atoms. The zero-order valence-electron chi connectivity index (χ0n) is 19.1. The highest BCUT2D eigenvalue weighted by atomic mass is 35.5. The molecule has 0 heterocycles. The molecule has 0 aliphatic carbocycles. The van der Waals surface area contributed by atoms with Gasteiger partial charge in [0, 0.05) is 12.0 Å². The number of halogens is 1. The van der Waals surface area contributed by atoms with Crippen LogP contribution in [0.25, 0.3) is 11.1 Å². The number of phenols is 1. The van der Waals surface area contributed by atoms with E-state index >= 15 is 0 Å². The zero-order chi connectivity index (χ0) is 24.2. The van der Waals surface area contributed by atoms with Gasteiger partial charge in [-0.05, 0) is 59.4 Å². The van der Waals surface area contributed by atoms with Crippen LogP contribution >= 0.6 is 11.6 Å². The van der Waals surface area contributed by atoms with Gasteiger partial charge in [0.15, 0.2) is 5.78 Å². The van der Waals surface area contributed by atoms with Crippen LogP contribution in [0.5, 0.6) is 17.2 Å². The molecule has 0 fully saturated rings. The summed E-state index contributed by atoms with van der Waals surface area (Å²) in [7, 11) is 0. The average Bonchev–Trinajstić information content (AvgIpc) is 2.75. The van der Waals surface area contributed by atoms with Gasteiger partial charge in [0.1, 0.15) is 23.9 Å². The monoisotopic (exact) mass is 466 g/mol. The third kappa shape index (κ3) is 6.14.